The van der Waals surface area contributed by atoms with E-state index in [1.165, 1.54) is 18.5 Å². The fourth-order valence-electron chi connectivity index (χ4n) is 1.66. The quantitative estimate of drug-likeness (QED) is 0.777. The molecular formula is C13H14FN3O2. The molecule has 0 aliphatic carbocycles. The van der Waals surface area contributed by atoms with Crippen molar-refractivity contribution < 1.29 is 13.9 Å². The van der Waals surface area contributed by atoms with E-state index in [0.717, 1.165) is 6.07 Å². The highest BCUT2D eigenvalue weighted by molar-refractivity contribution is 5.74. The highest BCUT2D eigenvalue weighted by atomic mass is 19.1. The first kappa shape index (κ1) is 13.2. The molecule has 1 aromatic carbocycles. The second-order valence-electron chi connectivity index (χ2n) is 4.31. The fourth-order valence-corrected chi connectivity index (χ4v) is 1.66. The van der Waals surface area contributed by atoms with Crippen LogP contribution >= 0.6 is 0 Å². The molecule has 0 aliphatic heterocycles. The van der Waals surface area contributed by atoms with E-state index in [-0.39, 0.29) is 24.0 Å². The first-order valence-corrected chi connectivity index (χ1v) is 5.87. The number of ether oxygens (including phenoxy) is 1. The Morgan fingerprint density at radius 3 is 2.89 bits per heavy atom. The minimum absolute atomic E-state index is 0.0870. The Hall–Kier alpha value is -2.24. The normalized spacial score (nSPS) is 10.7. The minimum Gasteiger partial charge on any atom is -0.483 e. The molecule has 6 heteroatoms. The van der Waals surface area contributed by atoms with E-state index in [9.17, 15) is 9.18 Å². The summed E-state index contributed by atoms with van der Waals surface area (Å²) in [5, 5.41) is 4.06. The second kappa shape index (κ2) is 5.60. The fraction of sp³-hybridized carbons (Fsp3) is 0.308. The predicted molar refractivity (Wildman–Crippen MR) is 66.5 cm³/mol. The molecule has 0 aliphatic rings. The van der Waals surface area contributed by atoms with Crippen molar-refractivity contribution in [2.24, 2.45) is 0 Å². The average molecular weight is 263 g/mol. The molecule has 1 aromatic heterocycles. The van der Waals surface area contributed by atoms with E-state index in [1.807, 2.05) is 13.8 Å². The van der Waals surface area contributed by atoms with Crippen LogP contribution in [0.25, 0.3) is 0 Å². The van der Waals surface area contributed by atoms with Crippen LogP contribution in [0.1, 0.15) is 36.1 Å². The number of halogens is 1. The standard InChI is InChI=1S/C13H14FN3O2/c1-9(2)17-13(15-8-16-17)7-19-12-4-3-10(6-18)5-11(12)14/h3-6,8-9H,7H2,1-2H3. The molecule has 100 valence electrons. The van der Waals surface area contributed by atoms with Gasteiger partial charge in [-0.1, -0.05) is 0 Å². The van der Waals surface area contributed by atoms with Crippen molar-refractivity contribution in [3.8, 4) is 5.75 Å². The summed E-state index contributed by atoms with van der Waals surface area (Å²) in [5.74, 6) is 0.137. The Balaban J connectivity index is 2.10. The van der Waals surface area contributed by atoms with Crippen LogP contribution in [0.15, 0.2) is 24.5 Å². The third-order valence-electron chi connectivity index (χ3n) is 2.59. The minimum atomic E-state index is -0.569. The number of nitrogens with zero attached hydrogens (tertiary/aromatic N) is 3. The lowest BCUT2D eigenvalue weighted by Gasteiger charge is -2.11. The summed E-state index contributed by atoms with van der Waals surface area (Å²) in [6, 6.07) is 4.21. The zero-order valence-corrected chi connectivity index (χ0v) is 10.7. The van der Waals surface area contributed by atoms with Gasteiger partial charge in [-0.3, -0.25) is 4.79 Å². The third kappa shape index (κ3) is 2.96. The van der Waals surface area contributed by atoms with Crippen molar-refractivity contribution in [2.45, 2.75) is 26.5 Å². The summed E-state index contributed by atoms with van der Waals surface area (Å²) in [6.45, 7) is 4.06. The molecule has 0 unspecified atom stereocenters. The summed E-state index contributed by atoms with van der Waals surface area (Å²) in [5.41, 5.74) is 0.273. The number of aromatic nitrogens is 3. The van der Waals surface area contributed by atoms with Gasteiger partial charge in [0.15, 0.2) is 17.4 Å². The molecule has 0 atom stereocenters. The van der Waals surface area contributed by atoms with Crippen LogP contribution < -0.4 is 4.74 Å². The summed E-state index contributed by atoms with van der Waals surface area (Å²) in [7, 11) is 0. The molecule has 0 saturated heterocycles. The van der Waals surface area contributed by atoms with E-state index < -0.39 is 5.82 Å². The molecule has 2 aromatic rings. The Bertz CT molecular complexity index is 581. The number of aldehydes is 1. The van der Waals surface area contributed by atoms with Crippen molar-refractivity contribution in [1.29, 1.82) is 0 Å². The molecule has 0 amide bonds. The molecule has 0 saturated carbocycles. The van der Waals surface area contributed by atoms with Gasteiger partial charge in [-0.2, -0.15) is 5.10 Å². The van der Waals surface area contributed by atoms with Crippen LogP contribution in [-0.4, -0.2) is 21.1 Å². The van der Waals surface area contributed by atoms with E-state index in [0.29, 0.717) is 12.1 Å². The number of carbonyl (C=O) groups is 1. The van der Waals surface area contributed by atoms with Gasteiger partial charge in [-0.25, -0.2) is 14.1 Å². The van der Waals surface area contributed by atoms with Crippen LogP contribution in [0.4, 0.5) is 4.39 Å². The maximum Gasteiger partial charge on any atom is 0.165 e. The van der Waals surface area contributed by atoms with Crippen LogP contribution in [-0.2, 0) is 6.61 Å². The molecular weight excluding hydrogens is 249 g/mol. The topological polar surface area (TPSA) is 57.0 Å². The summed E-state index contributed by atoms with van der Waals surface area (Å²) < 4.78 is 20.7. The number of hydrogen-bond acceptors (Lipinski definition) is 4. The van der Waals surface area contributed by atoms with Gasteiger partial charge in [0, 0.05) is 11.6 Å². The Kier molecular flexibility index (Phi) is 3.89. The van der Waals surface area contributed by atoms with Crippen molar-refractivity contribution in [3.05, 3.63) is 41.7 Å². The Labute approximate surface area is 110 Å². The molecule has 5 nitrogen and oxygen atoms in total. The van der Waals surface area contributed by atoms with Gasteiger partial charge in [-0.15, -0.1) is 0 Å². The summed E-state index contributed by atoms with van der Waals surface area (Å²) in [6.07, 6.45) is 2.02. The maximum atomic E-state index is 13.6. The van der Waals surface area contributed by atoms with Crippen molar-refractivity contribution >= 4 is 6.29 Å². The zero-order valence-electron chi connectivity index (χ0n) is 10.7. The molecule has 0 fully saturated rings. The Morgan fingerprint density at radius 1 is 1.47 bits per heavy atom. The van der Waals surface area contributed by atoms with Crippen molar-refractivity contribution in [1.82, 2.24) is 14.8 Å². The van der Waals surface area contributed by atoms with E-state index in [2.05, 4.69) is 10.1 Å². The highest BCUT2D eigenvalue weighted by Crippen LogP contribution is 2.19. The number of carbonyl (C=O) groups excluding carboxylic acids is 1. The van der Waals surface area contributed by atoms with Gasteiger partial charge in [0.1, 0.15) is 19.2 Å². The van der Waals surface area contributed by atoms with Gasteiger partial charge in [-0.05, 0) is 32.0 Å². The second-order valence-corrected chi connectivity index (χ2v) is 4.31. The molecule has 0 spiro atoms. The number of hydrogen-bond donors (Lipinski definition) is 0. The van der Waals surface area contributed by atoms with E-state index in [1.54, 1.807) is 4.68 Å². The number of rotatable bonds is 5. The largest absolute Gasteiger partial charge is 0.483 e. The van der Waals surface area contributed by atoms with Gasteiger partial charge in [0.05, 0.1) is 0 Å². The number of benzene rings is 1. The SMILES string of the molecule is CC(C)n1ncnc1COc1ccc(C=O)cc1F. The van der Waals surface area contributed by atoms with Crippen LogP contribution in [0.2, 0.25) is 0 Å². The van der Waals surface area contributed by atoms with Crippen LogP contribution in [0.3, 0.4) is 0 Å². The first-order chi connectivity index (χ1) is 9.11. The summed E-state index contributed by atoms with van der Waals surface area (Å²) >= 11 is 0. The maximum absolute atomic E-state index is 13.6. The van der Waals surface area contributed by atoms with Gasteiger partial charge in [0.2, 0.25) is 0 Å². The zero-order chi connectivity index (χ0) is 13.8. The lowest BCUT2D eigenvalue weighted by molar-refractivity contribution is 0.112. The van der Waals surface area contributed by atoms with Crippen LogP contribution in [0, 0.1) is 5.82 Å². The lowest BCUT2D eigenvalue weighted by atomic mass is 10.2. The first-order valence-electron chi connectivity index (χ1n) is 5.87. The summed E-state index contributed by atoms with van der Waals surface area (Å²) in [4.78, 5) is 14.6. The van der Waals surface area contributed by atoms with Gasteiger partial charge in [0.25, 0.3) is 0 Å². The van der Waals surface area contributed by atoms with Gasteiger partial charge < -0.3 is 4.74 Å². The Morgan fingerprint density at radius 2 is 2.26 bits per heavy atom. The molecule has 0 radical (unpaired) electrons. The molecule has 19 heavy (non-hydrogen) atoms. The van der Waals surface area contributed by atoms with E-state index >= 15 is 0 Å². The van der Waals surface area contributed by atoms with Gasteiger partial charge >= 0.3 is 0 Å². The highest BCUT2D eigenvalue weighted by Gasteiger charge is 2.10. The third-order valence-corrected chi connectivity index (χ3v) is 2.59. The monoisotopic (exact) mass is 263 g/mol. The average Bonchev–Trinajstić information content (AvgIpc) is 2.85. The van der Waals surface area contributed by atoms with Crippen molar-refractivity contribution in [2.75, 3.05) is 0 Å². The molecule has 1 heterocycles. The lowest BCUT2D eigenvalue weighted by Crippen LogP contribution is -2.11. The van der Waals surface area contributed by atoms with E-state index in [4.69, 9.17) is 4.74 Å². The van der Waals surface area contributed by atoms with Crippen molar-refractivity contribution in [3.63, 3.8) is 0 Å². The van der Waals surface area contributed by atoms with Crippen LogP contribution in [0.5, 0.6) is 5.75 Å². The predicted octanol–water partition coefficient (Wildman–Crippen LogP) is 2.39. The molecule has 2 rings (SSSR count). The molecule has 0 N–H and O–H groups in total. The smallest absolute Gasteiger partial charge is 0.165 e. The molecule has 0 bridgehead atoms.